The van der Waals surface area contributed by atoms with Gasteiger partial charge in [-0.3, -0.25) is 0 Å². The van der Waals surface area contributed by atoms with E-state index in [0.717, 1.165) is 36.6 Å². The normalized spacial score (nSPS) is 14.3. The van der Waals surface area contributed by atoms with Crippen molar-refractivity contribution in [2.45, 2.75) is 26.4 Å². The van der Waals surface area contributed by atoms with Crippen molar-refractivity contribution in [3.05, 3.63) is 58.8 Å². The Bertz CT molecular complexity index is 592. The van der Waals surface area contributed by atoms with E-state index in [1.54, 1.807) is 0 Å². The van der Waals surface area contributed by atoms with Crippen molar-refractivity contribution in [3.63, 3.8) is 0 Å². The Hall–Kier alpha value is -1.87. The van der Waals surface area contributed by atoms with Crippen LogP contribution in [0.2, 0.25) is 0 Å². The van der Waals surface area contributed by atoms with E-state index in [0.29, 0.717) is 6.54 Å². The fraction of sp³-hybridized carbons (Fsp3) is 0.312. The summed E-state index contributed by atoms with van der Waals surface area (Å²) in [5.74, 6) is 1.05. The summed E-state index contributed by atoms with van der Waals surface area (Å²) in [5.41, 5.74) is 10.9. The molecule has 2 aromatic rings. The zero-order chi connectivity index (χ0) is 13.2. The van der Waals surface area contributed by atoms with Gasteiger partial charge in [0.15, 0.2) is 0 Å². The van der Waals surface area contributed by atoms with Gasteiger partial charge in [-0.2, -0.15) is 0 Å². The lowest BCUT2D eigenvalue weighted by atomic mass is 9.99. The molecule has 3 heteroatoms. The van der Waals surface area contributed by atoms with Crippen molar-refractivity contribution in [2.24, 2.45) is 5.73 Å². The van der Waals surface area contributed by atoms with Gasteiger partial charge in [0.25, 0.3) is 0 Å². The summed E-state index contributed by atoms with van der Waals surface area (Å²) in [5, 5.41) is 0. The van der Waals surface area contributed by atoms with Gasteiger partial charge in [-0.1, -0.05) is 30.3 Å². The van der Waals surface area contributed by atoms with Gasteiger partial charge < -0.3 is 10.6 Å². The zero-order valence-corrected chi connectivity index (χ0v) is 11.3. The van der Waals surface area contributed by atoms with Crippen molar-refractivity contribution in [1.29, 1.82) is 0 Å². The molecule has 3 rings (SSSR count). The molecular formula is C16H19N3. The van der Waals surface area contributed by atoms with E-state index in [2.05, 4.69) is 40.2 Å². The van der Waals surface area contributed by atoms with Crippen molar-refractivity contribution in [2.75, 3.05) is 11.4 Å². The Labute approximate surface area is 114 Å². The molecule has 0 saturated heterocycles. The maximum absolute atomic E-state index is 5.84. The smallest absolute Gasteiger partial charge is 0.133 e. The SMILES string of the molecule is Cc1ccc(CN)c(N2CCc3ccccc3C2)n1. The molecule has 1 aliphatic heterocycles. The number of hydrogen-bond donors (Lipinski definition) is 1. The minimum absolute atomic E-state index is 0.542. The number of aromatic nitrogens is 1. The Balaban J connectivity index is 1.95. The molecule has 0 fully saturated rings. The average Bonchev–Trinajstić information content (AvgIpc) is 2.46. The summed E-state index contributed by atoms with van der Waals surface area (Å²) in [7, 11) is 0. The molecule has 1 aromatic heterocycles. The molecule has 0 spiro atoms. The third kappa shape index (κ3) is 2.34. The number of pyridine rings is 1. The minimum Gasteiger partial charge on any atom is -0.352 e. The lowest BCUT2D eigenvalue weighted by Crippen LogP contribution is -2.32. The number of rotatable bonds is 2. The summed E-state index contributed by atoms with van der Waals surface area (Å²) >= 11 is 0. The van der Waals surface area contributed by atoms with Crippen LogP contribution in [0, 0.1) is 6.92 Å². The van der Waals surface area contributed by atoms with E-state index >= 15 is 0 Å². The summed E-state index contributed by atoms with van der Waals surface area (Å²) in [6, 6.07) is 12.8. The topological polar surface area (TPSA) is 42.1 Å². The van der Waals surface area contributed by atoms with E-state index in [1.165, 1.54) is 11.1 Å². The summed E-state index contributed by atoms with van der Waals surface area (Å²) in [4.78, 5) is 7.03. The second-order valence-corrected chi connectivity index (χ2v) is 5.08. The van der Waals surface area contributed by atoms with Gasteiger partial charge in [0.05, 0.1) is 0 Å². The first-order valence-electron chi connectivity index (χ1n) is 6.76. The van der Waals surface area contributed by atoms with Crippen LogP contribution in [-0.4, -0.2) is 11.5 Å². The molecule has 0 unspecified atom stereocenters. The molecule has 2 N–H and O–H groups in total. The van der Waals surface area contributed by atoms with Gasteiger partial charge in [0, 0.05) is 30.9 Å². The lowest BCUT2D eigenvalue weighted by Gasteiger charge is -2.31. The summed E-state index contributed by atoms with van der Waals surface area (Å²) in [6.45, 7) is 4.52. The molecule has 0 bridgehead atoms. The van der Waals surface area contributed by atoms with Crippen molar-refractivity contribution < 1.29 is 0 Å². The summed E-state index contributed by atoms with van der Waals surface area (Å²) < 4.78 is 0. The average molecular weight is 253 g/mol. The van der Waals surface area contributed by atoms with Gasteiger partial charge >= 0.3 is 0 Å². The predicted octanol–water partition coefficient (Wildman–Crippen LogP) is 2.41. The zero-order valence-electron chi connectivity index (χ0n) is 11.3. The number of hydrogen-bond acceptors (Lipinski definition) is 3. The predicted molar refractivity (Wildman–Crippen MR) is 78.1 cm³/mol. The molecule has 2 heterocycles. The van der Waals surface area contributed by atoms with E-state index in [1.807, 2.05) is 13.0 Å². The van der Waals surface area contributed by atoms with Crippen LogP contribution >= 0.6 is 0 Å². The maximum Gasteiger partial charge on any atom is 0.133 e. The maximum atomic E-state index is 5.84. The van der Waals surface area contributed by atoms with E-state index in [9.17, 15) is 0 Å². The largest absolute Gasteiger partial charge is 0.352 e. The van der Waals surface area contributed by atoms with Gasteiger partial charge in [-0.25, -0.2) is 4.98 Å². The standard InChI is InChI=1S/C16H19N3/c1-12-6-7-14(10-17)16(18-12)19-9-8-13-4-2-3-5-15(13)11-19/h2-7H,8-11,17H2,1H3. The molecule has 0 atom stereocenters. The number of nitrogens with zero attached hydrogens (tertiary/aromatic N) is 2. The van der Waals surface area contributed by atoms with Gasteiger partial charge in [-0.15, -0.1) is 0 Å². The van der Waals surface area contributed by atoms with Gasteiger partial charge in [-0.05, 0) is 30.5 Å². The van der Waals surface area contributed by atoms with Crippen molar-refractivity contribution in [1.82, 2.24) is 4.98 Å². The molecule has 98 valence electrons. The van der Waals surface area contributed by atoms with Gasteiger partial charge in [0.2, 0.25) is 0 Å². The molecule has 1 aliphatic rings. The third-order valence-electron chi connectivity index (χ3n) is 3.75. The van der Waals surface area contributed by atoms with Gasteiger partial charge in [0.1, 0.15) is 5.82 Å². The Morgan fingerprint density at radius 1 is 1.16 bits per heavy atom. The first-order valence-corrected chi connectivity index (χ1v) is 6.76. The van der Waals surface area contributed by atoms with Crippen LogP contribution in [0.4, 0.5) is 5.82 Å². The lowest BCUT2D eigenvalue weighted by molar-refractivity contribution is 0.713. The quantitative estimate of drug-likeness (QED) is 0.893. The molecule has 0 radical (unpaired) electrons. The molecule has 0 saturated carbocycles. The molecule has 1 aromatic carbocycles. The third-order valence-corrected chi connectivity index (χ3v) is 3.75. The fourth-order valence-electron chi connectivity index (χ4n) is 2.68. The van der Waals surface area contributed by atoms with Crippen LogP contribution in [0.15, 0.2) is 36.4 Å². The van der Waals surface area contributed by atoms with E-state index < -0.39 is 0 Å². The second kappa shape index (κ2) is 5.02. The fourth-order valence-corrected chi connectivity index (χ4v) is 2.68. The Morgan fingerprint density at radius 2 is 1.95 bits per heavy atom. The van der Waals surface area contributed by atoms with Crippen LogP contribution in [0.5, 0.6) is 0 Å². The Kier molecular flexibility index (Phi) is 3.22. The van der Waals surface area contributed by atoms with Crippen LogP contribution in [0.1, 0.15) is 22.4 Å². The molecule has 0 amide bonds. The van der Waals surface area contributed by atoms with E-state index in [4.69, 9.17) is 5.73 Å². The summed E-state index contributed by atoms with van der Waals surface area (Å²) in [6.07, 6.45) is 1.08. The van der Waals surface area contributed by atoms with Crippen LogP contribution in [0.3, 0.4) is 0 Å². The number of nitrogens with two attached hydrogens (primary N) is 1. The van der Waals surface area contributed by atoms with Crippen LogP contribution in [0.25, 0.3) is 0 Å². The highest BCUT2D eigenvalue weighted by Crippen LogP contribution is 2.25. The molecular weight excluding hydrogens is 234 g/mol. The van der Waals surface area contributed by atoms with Crippen LogP contribution < -0.4 is 10.6 Å². The molecule has 19 heavy (non-hydrogen) atoms. The van der Waals surface area contributed by atoms with Crippen molar-refractivity contribution in [3.8, 4) is 0 Å². The second-order valence-electron chi connectivity index (χ2n) is 5.08. The highest BCUT2D eigenvalue weighted by molar-refractivity contribution is 5.50. The monoisotopic (exact) mass is 253 g/mol. The van der Waals surface area contributed by atoms with Crippen LogP contribution in [-0.2, 0) is 19.5 Å². The first kappa shape index (κ1) is 12.2. The highest BCUT2D eigenvalue weighted by Gasteiger charge is 2.19. The minimum atomic E-state index is 0.542. The van der Waals surface area contributed by atoms with E-state index in [-0.39, 0.29) is 0 Å². The number of aryl methyl sites for hydroxylation is 1. The Morgan fingerprint density at radius 3 is 2.74 bits per heavy atom. The van der Waals surface area contributed by atoms with Crippen molar-refractivity contribution >= 4 is 5.82 Å². The molecule has 3 nitrogen and oxygen atoms in total. The molecule has 0 aliphatic carbocycles. The number of fused-ring (bicyclic) bond motifs is 1. The first-order chi connectivity index (χ1) is 9.28. The number of anilines is 1. The number of benzene rings is 1. The highest BCUT2D eigenvalue weighted by atomic mass is 15.2.